The summed E-state index contributed by atoms with van der Waals surface area (Å²) >= 11 is 0. The zero-order valence-corrected chi connectivity index (χ0v) is 13.6. The van der Waals surface area contributed by atoms with Crippen LogP contribution in [0.5, 0.6) is 5.75 Å². The number of phenols is 1. The fourth-order valence-electron chi connectivity index (χ4n) is 2.98. The number of phenolic OH excluding ortho intramolecular Hbond substituents is 1. The summed E-state index contributed by atoms with van der Waals surface area (Å²) in [5.74, 6) is 0.458. The van der Waals surface area contributed by atoms with Crippen molar-refractivity contribution in [3.05, 3.63) is 24.3 Å². The fraction of sp³-hybridized carbons (Fsp3) is 0.588. The van der Waals surface area contributed by atoms with Crippen molar-refractivity contribution in [2.45, 2.75) is 32.7 Å². The van der Waals surface area contributed by atoms with Gasteiger partial charge < -0.3 is 20.2 Å². The van der Waals surface area contributed by atoms with E-state index in [0.717, 1.165) is 44.7 Å². The normalized spacial score (nSPS) is 17.3. The van der Waals surface area contributed by atoms with E-state index in [1.165, 1.54) is 4.90 Å². The molecule has 0 radical (unpaired) electrons. The van der Waals surface area contributed by atoms with E-state index >= 15 is 0 Å². The van der Waals surface area contributed by atoms with E-state index in [9.17, 15) is 9.90 Å². The summed E-state index contributed by atoms with van der Waals surface area (Å²) < 4.78 is 0. The number of nitrogens with zero attached hydrogens (tertiary/aromatic N) is 1. The Hall–Kier alpha value is -1.75. The number of quaternary nitrogens is 1. The van der Waals surface area contributed by atoms with Crippen molar-refractivity contribution in [1.29, 1.82) is 0 Å². The molecule has 122 valence electrons. The molecule has 0 saturated carbocycles. The molecule has 22 heavy (non-hydrogen) atoms. The Bertz CT molecular complexity index is 467. The highest BCUT2D eigenvalue weighted by Gasteiger charge is 2.22. The lowest BCUT2D eigenvalue weighted by Gasteiger charge is -2.33. The van der Waals surface area contributed by atoms with Gasteiger partial charge in [-0.2, -0.15) is 0 Å². The van der Waals surface area contributed by atoms with Gasteiger partial charge in [0, 0.05) is 11.7 Å². The van der Waals surface area contributed by atoms with E-state index in [4.69, 9.17) is 0 Å². The van der Waals surface area contributed by atoms with Gasteiger partial charge in [-0.15, -0.1) is 0 Å². The molecule has 0 aliphatic carbocycles. The van der Waals surface area contributed by atoms with E-state index in [1.807, 2.05) is 12.1 Å². The van der Waals surface area contributed by atoms with Crippen LogP contribution in [0.3, 0.4) is 0 Å². The van der Waals surface area contributed by atoms with E-state index in [1.54, 1.807) is 12.1 Å². The van der Waals surface area contributed by atoms with Gasteiger partial charge in [0.2, 0.25) is 0 Å². The van der Waals surface area contributed by atoms with Crippen molar-refractivity contribution in [3.8, 4) is 5.75 Å². The largest absolute Gasteiger partial charge is 0.508 e. The van der Waals surface area contributed by atoms with Crippen molar-refractivity contribution < 1.29 is 14.8 Å². The molecule has 1 aliphatic heterocycles. The standard InChI is InChI=1S/C17H27N3O2/c1-3-4-14(2)18-17(22)13-19-9-11-20(12-10-19)15-5-7-16(21)8-6-15/h5-8,14,21H,3-4,9-13H2,1-2H3,(H,18,22)/p+1/t14-/m1/s1. The topological polar surface area (TPSA) is 57.0 Å². The molecule has 2 rings (SSSR count). The third kappa shape index (κ3) is 4.91. The number of amides is 1. The Kier molecular flexibility index (Phi) is 6.07. The van der Waals surface area contributed by atoms with Crippen LogP contribution in [0.4, 0.5) is 5.69 Å². The molecule has 5 heteroatoms. The first-order chi connectivity index (χ1) is 10.6. The lowest BCUT2D eigenvalue weighted by molar-refractivity contribution is -0.892. The van der Waals surface area contributed by atoms with Crippen LogP contribution in [-0.4, -0.2) is 49.8 Å². The summed E-state index contributed by atoms with van der Waals surface area (Å²) in [7, 11) is 0. The molecule has 1 aromatic carbocycles. The third-order valence-corrected chi connectivity index (χ3v) is 4.23. The minimum atomic E-state index is 0.161. The van der Waals surface area contributed by atoms with Gasteiger partial charge in [-0.3, -0.25) is 4.79 Å². The SMILES string of the molecule is CCC[C@@H](C)NC(=O)C[NH+]1CCN(c2ccc(O)cc2)CC1. The number of rotatable bonds is 6. The number of carbonyl (C=O) groups excluding carboxylic acids is 1. The molecule has 0 aromatic heterocycles. The van der Waals surface area contributed by atoms with Gasteiger partial charge in [0.25, 0.3) is 5.91 Å². The van der Waals surface area contributed by atoms with Crippen molar-refractivity contribution >= 4 is 11.6 Å². The highest BCUT2D eigenvalue weighted by molar-refractivity contribution is 5.77. The molecule has 5 nitrogen and oxygen atoms in total. The average molecular weight is 306 g/mol. The molecule has 1 saturated heterocycles. The Labute approximate surface area is 132 Å². The Morgan fingerprint density at radius 2 is 1.95 bits per heavy atom. The predicted octanol–water partition coefficient (Wildman–Crippen LogP) is 0.402. The maximum atomic E-state index is 12.0. The van der Waals surface area contributed by atoms with Crippen LogP contribution in [-0.2, 0) is 4.79 Å². The quantitative estimate of drug-likeness (QED) is 0.713. The maximum absolute atomic E-state index is 12.0. The molecule has 3 N–H and O–H groups in total. The average Bonchev–Trinajstić information content (AvgIpc) is 2.49. The van der Waals surface area contributed by atoms with Crippen LogP contribution < -0.4 is 15.1 Å². The Balaban J connectivity index is 1.75. The zero-order chi connectivity index (χ0) is 15.9. The maximum Gasteiger partial charge on any atom is 0.275 e. The molecular formula is C17H28N3O2+. The van der Waals surface area contributed by atoms with Crippen LogP contribution in [0.15, 0.2) is 24.3 Å². The lowest BCUT2D eigenvalue weighted by atomic mass is 10.2. The van der Waals surface area contributed by atoms with Crippen LogP contribution in [0, 0.1) is 0 Å². The van der Waals surface area contributed by atoms with Crippen molar-refractivity contribution in [1.82, 2.24) is 5.32 Å². The van der Waals surface area contributed by atoms with Gasteiger partial charge in [0.1, 0.15) is 5.75 Å². The first kappa shape index (κ1) is 16.6. The highest BCUT2D eigenvalue weighted by Crippen LogP contribution is 2.17. The number of hydrogen-bond acceptors (Lipinski definition) is 3. The number of hydrogen-bond donors (Lipinski definition) is 3. The molecule has 1 aromatic rings. The lowest BCUT2D eigenvalue weighted by Crippen LogP contribution is -3.16. The van der Waals surface area contributed by atoms with Gasteiger partial charge in [0.15, 0.2) is 6.54 Å². The van der Waals surface area contributed by atoms with Gasteiger partial charge in [0.05, 0.1) is 26.2 Å². The second kappa shape index (κ2) is 8.03. The van der Waals surface area contributed by atoms with Crippen LogP contribution in [0.1, 0.15) is 26.7 Å². The van der Waals surface area contributed by atoms with Crippen molar-refractivity contribution in [2.24, 2.45) is 0 Å². The van der Waals surface area contributed by atoms with Gasteiger partial charge in [-0.05, 0) is 37.6 Å². The van der Waals surface area contributed by atoms with Crippen LogP contribution in [0.25, 0.3) is 0 Å². The Morgan fingerprint density at radius 3 is 2.55 bits per heavy atom. The monoisotopic (exact) mass is 306 g/mol. The van der Waals surface area contributed by atoms with E-state index in [-0.39, 0.29) is 11.9 Å². The number of nitrogens with one attached hydrogen (secondary N) is 2. The minimum Gasteiger partial charge on any atom is -0.508 e. The molecule has 1 heterocycles. The molecule has 0 bridgehead atoms. The Morgan fingerprint density at radius 1 is 1.32 bits per heavy atom. The second-order valence-corrected chi connectivity index (χ2v) is 6.19. The summed E-state index contributed by atoms with van der Waals surface area (Å²) in [4.78, 5) is 15.7. The number of benzene rings is 1. The molecule has 0 unspecified atom stereocenters. The summed E-state index contributed by atoms with van der Waals surface area (Å²) in [6.07, 6.45) is 2.13. The first-order valence-electron chi connectivity index (χ1n) is 8.25. The predicted molar refractivity (Wildman–Crippen MR) is 88.4 cm³/mol. The zero-order valence-electron chi connectivity index (χ0n) is 13.6. The molecule has 1 fully saturated rings. The van der Waals surface area contributed by atoms with Gasteiger partial charge in [-0.25, -0.2) is 0 Å². The van der Waals surface area contributed by atoms with Crippen LogP contribution in [0.2, 0.25) is 0 Å². The molecule has 0 spiro atoms. The van der Waals surface area contributed by atoms with E-state index < -0.39 is 0 Å². The third-order valence-electron chi connectivity index (χ3n) is 4.23. The van der Waals surface area contributed by atoms with Crippen molar-refractivity contribution in [2.75, 3.05) is 37.6 Å². The summed E-state index contributed by atoms with van der Waals surface area (Å²) in [5.41, 5.74) is 1.14. The van der Waals surface area contributed by atoms with E-state index in [2.05, 4.69) is 24.1 Å². The number of piperazine rings is 1. The summed E-state index contributed by atoms with van der Waals surface area (Å²) in [5, 5.41) is 12.4. The summed E-state index contributed by atoms with van der Waals surface area (Å²) in [6.45, 7) is 8.59. The minimum absolute atomic E-state index is 0.161. The molecular weight excluding hydrogens is 278 g/mol. The number of anilines is 1. The highest BCUT2D eigenvalue weighted by atomic mass is 16.3. The fourth-order valence-corrected chi connectivity index (χ4v) is 2.98. The first-order valence-corrected chi connectivity index (χ1v) is 8.25. The second-order valence-electron chi connectivity index (χ2n) is 6.19. The van der Waals surface area contributed by atoms with E-state index in [0.29, 0.717) is 12.3 Å². The smallest absolute Gasteiger partial charge is 0.275 e. The number of aromatic hydroxyl groups is 1. The van der Waals surface area contributed by atoms with Gasteiger partial charge >= 0.3 is 0 Å². The van der Waals surface area contributed by atoms with Gasteiger partial charge in [-0.1, -0.05) is 13.3 Å². The molecule has 1 atom stereocenters. The van der Waals surface area contributed by atoms with Crippen LogP contribution >= 0.6 is 0 Å². The summed E-state index contributed by atoms with van der Waals surface area (Å²) in [6, 6.07) is 7.60. The molecule has 1 aliphatic rings. The molecule has 1 amide bonds. The van der Waals surface area contributed by atoms with Crippen molar-refractivity contribution in [3.63, 3.8) is 0 Å². The number of carbonyl (C=O) groups is 1.